The van der Waals surface area contributed by atoms with Crippen LogP contribution in [-0.4, -0.2) is 80.0 Å². The van der Waals surface area contributed by atoms with Gasteiger partial charge in [-0.2, -0.15) is 0 Å². The second-order valence-electron chi connectivity index (χ2n) is 7.87. The van der Waals surface area contributed by atoms with E-state index in [1.807, 2.05) is 30.3 Å². The SMILES string of the molecule is O=P(O)(O)CP(=O)(O)OC[C@H]1O[C@@H](n2cnc3c(NCc4ccccc4)ncnc32)[C@H](O)C1(O)O. The van der Waals surface area contributed by atoms with E-state index >= 15 is 0 Å². The van der Waals surface area contributed by atoms with E-state index in [9.17, 15) is 29.3 Å². The van der Waals surface area contributed by atoms with E-state index in [1.54, 1.807) is 0 Å². The summed E-state index contributed by atoms with van der Waals surface area (Å²) < 4.78 is 34.2. The average Bonchev–Trinajstić information content (AvgIpc) is 3.29. The molecular weight excluding hydrogens is 508 g/mol. The van der Waals surface area contributed by atoms with Gasteiger partial charge >= 0.3 is 15.2 Å². The molecule has 1 saturated heterocycles. The maximum Gasteiger partial charge on any atom is 0.340 e. The summed E-state index contributed by atoms with van der Waals surface area (Å²) in [7, 11) is -9.68. The molecule has 4 rings (SSSR count). The molecule has 17 heteroatoms. The van der Waals surface area contributed by atoms with Gasteiger partial charge in [-0.25, -0.2) is 15.0 Å². The Hall–Kier alpha value is -2.29. The van der Waals surface area contributed by atoms with Crippen LogP contribution in [0.5, 0.6) is 0 Å². The molecule has 190 valence electrons. The molecule has 1 aliphatic rings. The first-order valence-corrected chi connectivity index (χ1v) is 13.7. The molecule has 0 saturated carbocycles. The zero-order chi connectivity index (χ0) is 25.4. The number of aliphatic hydroxyl groups is 3. The van der Waals surface area contributed by atoms with Gasteiger partial charge in [0.25, 0.3) is 0 Å². The van der Waals surface area contributed by atoms with E-state index in [1.165, 1.54) is 17.2 Å². The minimum Gasteiger partial charge on any atom is -0.383 e. The van der Waals surface area contributed by atoms with Crippen LogP contribution in [-0.2, 0) is 24.9 Å². The molecule has 1 unspecified atom stereocenters. The lowest BCUT2D eigenvalue weighted by molar-refractivity contribution is -0.234. The fourth-order valence-corrected chi connectivity index (χ4v) is 6.09. The molecule has 1 fully saturated rings. The summed E-state index contributed by atoms with van der Waals surface area (Å²) in [5, 5.41) is 34.3. The minimum absolute atomic E-state index is 0.186. The first-order chi connectivity index (χ1) is 16.4. The highest BCUT2D eigenvalue weighted by atomic mass is 31.2. The van der Waals surface area contributed by atoms with E-state index in [-0.39, 0.29) is 5.65 Å². The number of imidazole rings is 1. The second-order valence-corrected chi connectivity index (χ2v) is 11.9. The summed E-state index contributed by atoms with van der Waals surface area (Å²) >= 11 is 0. The van der Waals surface area contributed by atoms with Crippen molar-refractivity contribution < 1.29 is 48.4 Å². The lowest BCUT2D eigenvalue weighted by Crippen LogP contribution is -2.49. The van der Waals surface area contributed by atoms with Gasteiger partial charge < -0.3 is 44.6 Å². The molecule has 0 aliphatic carbocycles. The number of aromatic nitrogens is 4. The topological polar surface area (TPSA) is 230 Å². The van der Waals surface area contributed by atoms with E-state index < -0.39 is 51.9 Å². The molecular formula is C18H23N5O10P2. The third-order valence-electron chi connectivity index (χ3n) is 5.21. The number of rotatable bonds is 9. The van der Waals surface area contributed by atoms with Gasteiger partial charge in [-0.05, 0) is 5.56 Å². The first-order valence-electron chi connectivity index (χ1n) is 10.1. The molecule has 7 N–H and O–H groups in total. The Morgan fingerprint density at radius 1 is 1.11 bits per heavy atom. The van der Waals surface area contributed by atoms with Crippen LogP contribution in [0.15, 0.2) is 43.0 Å². The summed E-state index contributed by atoms with van der Waals surface area (Å²) in [6.07, 6.45) is -2.69. The van der Waals surface area contributed by atoms with E-state index in [2.05, 4.69) is 24.8 Å². The van der Waals surface area contributed by atoms with Gasteiger partial charge in [-0.1, -0.05) is 30.3 Å². The third kappa shape index (κ3) is 5.76. The number of fused-ring (bicyclic) bond motifs is 1. The predicted octanol–water partition coefficient (Wildman–Crippen LogP) is -0.285. The van der Waals surface area contributed by atoms with Crippen LogP contribution in [0.1, 0.15) is 11.8 Å². The molecule has 3 aromatic rings. The number of aliphatic hydroxyl groups excluding tert-OH is 1. The Kier molecular flexibility index (Phi) is 7.10. The Labute approximate surface area is 197 Å². The number of ether oxygens (including phenoxy) is 1. The summed E-state index contributed by atoms with van der Waals surface area (Å²) in [5.74, 6) is -4.03. The largest absolute Gasteiger partial charge is 0.383 e. The molecule has 35 heavy (non-hydrogen) atoms. The zero-order valence-corrected chi connectivity index (χ0v) is 19.7. The lowest BCUT2D eigenvalue weighted by Gasteiger charge is -2.25. The van der Waals surface area contributed by atoms with Crippen LogP contribution >= 0.6 is 15.2 Å². The molecule has 1 aliphatic heterocycles. The Bertz CT molecular complexity index is 1280. The minimum atomic E-state index is -4.89. The summed E-state index contributed by atoms with van der Waals surface area (Å²) in [4.78, 5) is 39.9. The molecule has 3 heterocycles. The first kappa shape index (κ1) is 25.8. The van der Waals surface area contributed by atoms with Crippen LogP contribution in [0.3, 0.4) is 0 Å². The van der Waals surface area contributed by atoms with Crippen LogP contribution in [0.2, 0.25) is 0 Å². The Balaban J connectivity index is 1.52. The zero-order valence-electron chi connectivity index (χ0n) is 17.9. The van der Waals surface area contributed by atoms with Crippen molar-refractivity contribution >= 4 is 32.2 Å². The monoisotopic (exact) mass is 531 g/mol. The number of hydrogen-bond acceptors (Lipinski definition) is 11. The van der Waals surface area contributed by atoms with E-state index in [4.69, 9.17) is 14.5 Å². The Morgan fingerprint density at radius 2 is 1.83 bits per heavy atom. The molecule has 0 bridgehead atoms. The summed E-state index contributed by atoms with van der Waals surface area (Å²) in [6, 6.07) is 9.50. The lowest BCUT2D eigenvalue weighted by atomic mass is 10.1. The van der Waals surface area contributed by atoms with Crippen molar-refractivity contribution in [2.24, 2.45) is 0 Å². The van der Waals surface area contributed by atoms with Crippen molar-refractivity contribution in [3.05, 3.63) is 48.5 Å². The smallest absolute Gasteiger partial charge is 0.340 e. The fourth-order valence-electron chi connectivity index (χ4n) is 3.53. The van der Waals surface area contributed by atoms with E-state index in [0.29, 0.717) is 17.9 Å². The average molecular weight is 531 g/mol. The molecule has 1 aromatic carbocycles. The standard InChI is InChI=1S/C18H23N5O10P2/c24-14-17(33-12(18(14,25)26)7-32-35(30,31)10-34(27,28)29)23-9-22-13-15(20-8-21-16(13)23)19-6-11-4-2-1-3-5-11/h1-5,8-9,12,14,17,24-26H,6-7,10H2,(H,30,31)(H,19,20,21)(H2,27,28,29)/t12-,14+,17-/m1/s1. The van der Waals surface area contributed by atoms with Crippen LogP contribution in [0.4, 0.5) is 5.82 Å². The molecule has 0 radical (unpaired) electrons. The van der Waals surface area contributed by atoms with Gasteiger partial charge in [0.2, 0.25) is 5.79 Å². The van der Waals surface area contributed by atoms with Gasteiger partial charge in [0, 0.05) is 6.54 Å². The molecule has 4 atom stereocenters. The van der Waals surface area contributed by atoms with Crippen molar-refractivity contribution in [3.8, 4) is 0 Å². The Morgan fingerprint density at radius 3 is 2.51 bits per heavy atom. The van der Waals surface area contributed by atoms with Crippen LogP contribution < -0.4 is 5.32 Å². The maximum absolute atomic E-state index is 11.9. The van der Waals surface area contributed by atoms with Gasteiger partial charge in [0.05, 0.1) is 12.9 Å². The van der Waals surface area contributed by atoms with Crippen LogP contribution in [0.25, 0.3) is 11.2 Å². The van der Waals surface area contributed by atoms with Crippen molar-refractivity contribution in [2.45, 2.75) is 30.8 Å². The summed E-state index contributed by atoms with van der Waals surface area (Å²) in [6.45, 7) is -0.520. The van der Waals surface area contributed by atoms with Crippen molar-refractivity contribution in [2.75, 3.05) is 17.8 Å². The molecule has 2 aromatic heterocycles. The van der Waals surface area contributed by atoms with Gasteiger partial charge in [-0.3, -0.25) is 13.7 Å². The molecule has 0 spiro atoms. The van der Waals surface area contributed by atoms with Crippen molar-refractivity contribution in [3.63, 3.8) is 0 Å². The molecule has 15 nitrogen and oxygen atoms in total. The molecule has 0 amide bonds. The van der Waals surface area contributed by atoms with Crippen molar-refractivity contribution in [1.82, 2.24) is 19.5 Å². The van der Waals surface area contributed by atoms with E-state index in [0.717, 1.165) is 5.56 Å². The van der Waals surface area contributed by atoms with Crippen LogP contribution in [0, 0.1) is 0 Å². The fraction of sp³-hybridized carbons (Fsp3) is 0.389. The number of benzene rings is 1. The van der Waals surface area contributed by atoms with Gasteiger partial charge in [0.15, 0.2) is 35.2 Å². The highest BCUT2D eigenvalue weighted by Gasteiger charge is 2.56. The highest BCUT2D eigenvalue weighted by molar-refractivity contribution is 7.70. The quantitative estimate of drug-likeness (QED) is 0.139. The van der Waals surface area contributed by atoms with Crippen molar-refractivity contribution in [1.29, 1.82) is 0 Å². The second kappa shape index (κ2) is 9.64. The normalized spacial score (nSPS) is 23.9. The third-order valence-corrected chi connectivity index (χ3v) is 8.67. The summed E-state index contributed by atoms with van der Waals surface area (Å²) in [5.41, 5.74) is 1.48. The van der Waals surface area contributed by atoms with Gasteiger partial charge in [0.1, 0.15) is 12.4 Å². The number of nitrogens with zero attached hydrogens (tertiary/aromatic N) is 4. The predicted molar refractivity (Wildman–Crippen MR) is 119 cm³/mol. The maximum atomic E-state index is 11.9. The highest BCUT2D eigenvalue weighted by Crippen LogP contribution is 2.55. The number of anilines is 1. The van der Waals surface area contributed by atoms with Gasteiger partial charge in [-0.15, -0.1) is 0 Å². The number of hydrogen-bond donors (Lipinski definition) is 7. The number of nitrogens with one attached hydrogen (secondary N) is 1.